The first-order chi connectivity index (χ1) is 13.0. The lowest BCUT2D eigenvalue weighted by Gasteiger charge is -2.12. The van der Waals surface area contributed by atoms with E-state index in [1.807, 2.05) is 24.3 Å². The number of ether oxygens (including phenoxy) is 1. The van der Waals surface area contributed by atoms with Gasteiger partial charge in [0.1, 0.15) is 12.1 Å². The van der Waals surface area contributed by atoms with Gasteiger partial charge in [-0.25, -0.2) is 4.98 Å². The first kappa shape index (κ1) is 18.6. The molecule has 2 aromatic heterocycles. The minimum atomic E-state index is -0.444. The third-order valence-electron chi connectivity index (χ3n) is 4.16. The molecule has 7 heteroatoms. The topological polar surface area (TPSA) is 86.1 Å². The van der Waals surface area contributed by atoms with Crippen molar-refractivity contribution in [1.82, 2.24) is 14.5 Å². The molecule has 0 saturated carbocycles. The monoisotopic (exact) mass is 366 g/mol. The summed E-state index contributed by atoms with van der Waals surface area (Å²) in [5.74, 6) is 0.0790. The molecule has 1 aromatic carbocycles. The molecule has 0 radical (unpaired) electrons. The number of amides is 1. The summed E-state index contributed by atoms with van der Waals surface area (Å²) < 4.78 is 6.67. The number of rotatable bonds is 6. The Bertz CT molecular complexity index is 1010. The molecule has 0 unspecified atom stereocenters. The number of hydrogen-bond acceptors (Lipinski definition) is 5. The standard InChI is InChI=1S/C20H22N4O3/c1-4-27-19-20(26)24(17-9-10-21-11-16(17)23-19)12-18(25)22-15-7-5-14(6-8-15)13(2)3/h5-11,13H,4,12H2,1-3H3,(H,22,25). The average molecular weight is 366 g/mol. The van der Waals surface area contributed by atoms with Gasteiger partial charge in [0.25, 0.3) is 5.88 Å². The molecule has 1 amide bonds. The largest absolute Gasteiger partial charge is 0.474 e. The second-order valence-corrected chi connectivity index (χ2v) is 6.43. The van der Waals surface area contributed by atoms with Gasteiger partial charge in [-0.05, 0) is 36.6 Å². The predicted molar refractivity (Wildman–Crippen MR) is 104 cm³/mol. The number of anilines is 1. The molecule has 0 aliphatic carbocycles. The molecule has 27 heavy (non-hydrogen) atoms. The van der Waals surface area contributed by atoms with Crippen LogP contribution in [0.25, 0.3) is 11.0 Å². The normalized spacial score (nSPS) is 11.0. The van der Waals surface area contributed by atoms with Crippen molar-refractivity contribution < 1.29 is 9.53 Å². The SMILES string of the molecule is CCOc1nc2cnccc2n(CC(=O)Nc2ccc(C(C)C)cc2)c1=O. The third kappa shape index (κ3) is 4.13. The van der Waals surface area contributed by atoms with Crippen LogP contribution in [0.5, 0.6) is 5.88 Å². The molecule has 1 N–H and O–H groups in total. The van der Waals surface area contributed by atoms with Crippen LogP contribution < -0.4 is 15.6 Å². The fourth-order valence-electron chi connectivity index (χ4n) is 2.76. The second kappa shape index (κ2) is 7.99. The lowest BCUT2D eigenvalue weighted by Crippen LogP contribution is -2.29. The number of hydrogen-bond donors (Lipinski definition) is 1. The van der Waals surface area contributed by atoms with Crippen molar-refractivity contribution in [3.8, 4) is 5.88 Å². The molecule has 0 fully saturated rings. The Morgan fingerprint density at radius 3 is 2.63 bits per heavy atom. The highest BCUT2D eigenvalue weighted by Gasteiger charge is 2.15. The summed E-state index contributed by atoms with van der Waals surface area (Å²) >= 11 is 0. The fourth-order valence-corrected chi connectivity index (χ4v) is 2.76. The Morgan fingerprint density at radius 2 is 1.96 bits per heavy atom. The fraction of sp³-hybridized carbons (Fsp3) is 0.300. The Kier molecular flexibility index (Phi) is 5.49. The summed E-state index contributed by atoms with van der Waals surface area (Å²) in [7, 11) is 0. The molecular weight excluding hydrogens is 344 g/mol. The van der Waals surface area contributed by atoms with E-state index in [0.717, 1.165) is 0 Å². The van der Waals surface area contributed by atoms with Crippen LogP contribution in [0.4, 0.5) is 5.69 Å². The van der Waals surface area contributed by atoms with Gasteiger partial charge in [-0.15, -0.1) is 0 Å². The minimum absolute atomic E-state index is 0.0351. The molecule has 0 aliphatic heterocycles. The van der Waals surface area contributed by atoms with Crippen LogP contribution in [0.15, 0.2) is 47.5 Å². The quantitative estimate of drug-likeness (QED) is 0.725. The Balaban J connectivity index is 1.87. The molecule has 3 rings (SSSR count). The number of pyridine rings is 1. The van der Waals surface area contributed by atoms with E-state index >= 15 is 0 Å². The number of fused-ring (bicyclic) bond motifs is 1. The van der Waals surface area contributed by atoms with E-state index in [9.17, 15) is 9.59 Å². The van der Waals surface area contributed by atoms with Crippen molar-refractivity contribution in [2.24, 2.45) is 0 Å². The van der Waals surface area contributed by atoms with Gasteiger partial charge in [-0.2, -0.15) is 0 Å². The molecular formula is C20H22N4O3. The van der Waals surface area contributed by atoms with Crippen LogP contribution in [0, 0.1) is 0 Å². The van der Waals surface area contributed by atoms with Gasteiger partial charge in [-0.1, -0.05) is 26.0 Å². The second-order valence-electron chi connectivity index (χ2n) is 6.43. The Hall–Kier alpha value is -3.22. The summed E-state index contributed by atoms with van der Waals surface area (Å²) in [6.45, 7) is 6.15. The van der Waals surface area contributed by atoms with E-state index in [0.29, 0.717) is 29.2 Å². The predicted octanol–water partition coefficient (Wildman–Crippen LogP) is 2.95. The van der Waals surface area contributed by atoms with Gasteiger partial charge in [0.15, 0.2) is 0 Å². The summed E-state index contributed by atoms with van der Waals surface area (Å²) in [6.07, 6.45) is 3.10. The van der Waals surface area contributed by atoms with Crippen LogP contribution in [0.2, 0.25) is 0 Å². The van der Waals surface area contributed by atoms with E-state index in [1.165, 1.54) is 16.3 Å². The zero-order chi connectivity index (χ0) is 19.4. The first-order valence-electron chi connectivity index (χ1n) is 8.86. The summed E-state index contributed by atoms with van der Waals surface area (Å²) in [5.41, 5.74) is 2.46. The lowest BCUT2D eigenvalue weighted by atomic mass is 10.0. The van der Waals surface area contributed by atoms with E-state index in [2.05, 4.69) is 29.1 Å². The molecule has 0 bridgehead atoms. The number of carbonyl (C=O) groups excluding carboxylic acids is 1. The van der Waals surface area contributed by atoms with Crippen LogP contribution in [0.1, 0.15) is 32.3 Å². The number of carbonyl (C=O) groups is 1. The van der Waals surface area contributed by atoms with Crippen LogP contribution in [-0.2, 0) is 11.3 Å². The van der Waals surface area contributed by atoms with Crippen LogP contribution >= 0.6 is 0 Å². The highest BCUT2D eigenvalue weighted by atomic mass is 16.5. The maximum absolute atomic E-state index is 12.7. The highest BCUT2D eigenvalue weighted by molar-refractivity contribution is 5.91. The number of nitrogens with one attached hydrogen (secondary N) is 1. The van der Waals surface area contributed by atoms with Gasteiger partial charge in [-0.3, -0.25) is 19.1 Å². The zero-order valence-corrected chi connectivity index (χ0v) is 15.6. The van der Waals surface area contributed by atoms with Gasteiger partial charge in [0, 0.05) is 11.9 Å². The van der Waals surface area contributed by atoms with Crippen LogP contribution in [0.3, 0.4) is 0 Å². The van der Waals surface area contributed by atoms with Crippen molar-refractivity contribution in [2.45, 2.75) is 33.2 Å². The molecule has 0 aliphatic rings. The van der Waals surface area contributed by atoms with E-state index in [4.69, 9.17) is 4.74 Å². The molecule has 7 nitrogen and oxygen atoms in total. The van der Waals surface area contributed by atoms with Crippen molar-refractivity contribution in [3.05, 3.63) is 58.6 Å². The average Bonchev–Trinajstić information content (AvgIpc) is 2.65. The summed E-state index contributed by atoms with van der Waals surface area (Å²) in [5, 5.41) is 2.82. The minimum Gasteiger partial charge on any atom is -0.474 e. The van der Waals surface area contributed by atoms with Gasteiger partial charge < -0.3 is 10.1 Å². The summed E-state index contributed by atoms with van der Waals surface area (Å²) in [4.78, 5) is 33.4. The maximum atomic E-state index is 12.7. The molecule has 3 aromatic rings. The first-order valence-corrected chi connectivity index (χ1v) is 8.86. The van der Waals surface area contributed by atoms with E-state index in [-0.39, 0.29) is 18.3 Å². The maximum Gasteiger partial charge on any atom is 0.314 e. The van der Waals surface area contributed by atoms with Crippen molar-refractivity contribution >= 4 is 22.6 Å². The van der Waals surface area contributed by atoms with E-state index in [1.54, 1.807) is 19.2 Å². The number of aromatic nitrogens is 3. The van der Waals surface area contributed by atoms with Gasteiger partial charge in [0.05, 0.1) is 18.3 Å². The molecule has 0 spiro atoms. The zero-order valence-electron chi connectivity index (χ0n) is 15.6. The lowest BCUT2D eigenvalue weighted by molar-refractivity contribution is -0.116. The number of benzene rings is 1. The van der Waals surface area contributed by atoms with Crippen molar-refractivity contribution in [3.63, 3.8) is 0 Å². The van der Waals surface area contributed by atoms with E-state index < -0.39 is 5.56 Å². The van der Waals surface area contributed by atoms with Gasteiger partial charge >= 0.3 is 5.56 Å². The molecule has 0 atom stereocenters. The smallest absolute Gasteiger partial charge is 0.314 e. The Morgan fingerprint density at radius 1 is 1.22 bits per heavy atom. The van der Waals surface area contributed by atoms with Crippen molar-refractivity contribution in [1.29, 1.82) is 0 Å². The van der Waals surface area contributed by atoms with Crippen LogP contribution in [-0.4, -0.2) is 27.0 Å². The van der Waals surface area contributed by atoms with Gasteiger partial charge in [0.2, 0.25) is 5.91 Å². The number of nitrogens with zero attached hydrogens (tertiary/aromatic N) is 3. The highest BCUT2D eigenvalue weighted by Crippen LogP contribution is 2.17. The summed E-state index contributed by atoms with van der Waals surface area (Å²) in [6, 6.07) is 9.33. The molecule has 2 heterocycles. The van der Waals surface area contributed by atoms with Crippen molar-refractivity contribution in [2.75, 3.05) is 11.9 Å². The molecule has 140 valence electrons. The third-order valence-corrected chi connectivity index (χ3v) is 4.16. The Labute approximate surface area is 157 Å². The molecule has 0 saturated heterocycles.